The maximum absolute atomic E-state index is 11.3. The molecule has 0 bridgehead atoms. The van der Waals surface area contributed by atoms with Gasteiger partial charge in [0.25, 0.3) is 0 Å². The van der Waals surface area contributed by atoms with E-state index in [1.807, 2.05) is 0 Å². The van der Waals surface area contributed by atoms with Gasteiger partial charge in [0.1, 0.15) is 0 Å². The van der Waals surface area contributed by atoms with Gasteiger partial charge in [-0.15, -0.1) is 0 Å². The van der Waals surface area contributed by atoms with Gasteiger partial charge in [-0.3, -0.25) is 0 Å². The first kappa shape index (κ1) is 23.2. The van der Waals surface area contributed by atoms with Crippen LogP contribution < -0.4 is 0 Å². The van der Waals surface area contributed by atoms with Crippen molar-refractivity contribution in [1.29, 1.82) is 0 Å². The van der Waals surface area contributed by atoms with E-state index >= 15 is 0 Å². The summed E-state index contributed by atoms with van der Waals surface area (Å²) in [7, 11) is 0. The molecule has 3 aromatic rings. The molecule has 0 radical (unpaired) electrons. The first-order valence-corrected chi connectivity index (χ1v) is 12.7. The minimum Gasteiger partial charge on any atom is -0.387 e. The van der Waals surface area contributed by atoms with E-state index in [0.29, 0.717) is 6.54 Å². The summed E-state index contributed by atoms with van der Waals surface area (Å²) in [6.45, 7) is 7.21. The van der Waals surface area contributed by atoms with Gasteiger partial charge in [0.2, 0.25) is 0 Å². The molecule has 0 spiro atoms. The largest absolute Gasteiger partial charge is 0.387 e. The van der Waals surface area contributed by atoms with Gasteiger partial charge >= 0.3 is 0 Å². The summed E-state index contributed by atoms with van der Waals surface area (Å²) in [6.07, 6.45) is 4.17. The third-order valence-electron chi connectivity index (χ3n) is 5.43. The molecule has 29 heavy (non-hydrogen) atoms. The summed E-state index contributed by atoms with van der Waals surface area (Å²) < 4.78 is 3.10. The van der Waals surface area contributed by atoms with E-state index in [2.05, 4.69) is 103 Å². The lowest BCUT2D eigenvalue weighted by molar-refractivity contribution is 0.112. The van der Waals surface area contributed by atoms with Crippen molar-refractivity contribution in [3.63, 3.8) is 0 Å². The second-order valence-corrected chi connectivity index (χ2v) is 10.3. The Morgan fingerprint density at radius 3 is 2.14 bits per heavy atom. The number of halogens is 3. The van der Waals surface area contributed by atoms with Gasteiger partial charge in [0.15, 0.2) is 0 Å². The van der Waals surface area contributed by atoms with E-state index in [-0.39, 0.29) is 0 Å². The van der Waals surface area contributed by atoms with Crippen LogP contribution in [0.3, 0.4) is 0 Å². The normalized spacial score (nSPS) is 12.9. The van der Waals surface area contributed by atoms with Crippen LogP contribution in [0, 0.1) is 0 Å². The molecule has 0 aromatic heterocycles. The molecule has 5 heteroatoms. The topological polar surface area (TPSA) is 23.5 Å². The van der Waals surface area contributed by atoms with Crippen molar-refractivity contribution in [3.8, 4) is 0 Å². The van der Waals surface area contributed by atoms with Gasteiger partial charge in [0, 0.05) is 20.0 Å². The third kappa shape index (κ3) is 5.62. The average molecular weight is 586 g/mol. The van der Waals surface area contributed by atoms with Crippen LogP contribution in [0.15, 0.2) is 49.8 Å². The molecule has 0 aliphatic carbocycles. The summed E-state index contributed by atoms with van der Waals surface area (Å²) in [5.74, 6) is 0. The fraction of sp³-hybridized carbons (Fsp3) is 0.417. The van der Waals surface area contributed by atoms with Crippen LogP contribution in [-0.4, -0.2) is 29.6 Å². The highest BCUT2D eigenvalue weighted by atomic mass is 79.9. The molecule has 2 nitrogen and oxygen atoms in total. The van der Waals surface area contributed by atoms with E-state index in [0.717, 1.165) is 48.2 Å². The maximum atomic E-state index is 11.3. The van der Waals surface area contributed by atoms with Gasteiger partial charge in [0.05, 0.1) is 6.10 Å². The second-order valence-electron chi connectivity index (χ2n) is 7.67. The number of hydrogen-bond acceptors (Lipinski definition) is 2. The Hall–Kier alpha value is -0.460. The van der Waals surface area contributed by atoms with Crippen molar-refractivity contribution in [2.45, 2.75) is 45.6 Å². The van der Waals surface area contributed by atoms with Gasteiger partial charge in [-0.1, -0.05) is 48.7 Å². The van der Waals surface area contributed by atoms with E-state index in [1.54, 1.807) is 0 Å². The third-order valence-corrected chi connectivity index (χ3v) is 7.77. The van der Waals surface area contributed by atoms with Crippen molar-refractivity contribution in [2.24, 2.45) is 0 Å². The Kier molecular flexibility index (Phi) is 8.58. The van der Waals surface area contributed by atoms with Gasteiger partial charge in [-0.25, -0.2) is 0 Å². The fourth-order valence-electron chi connectivity index (χ4n) is 3.83. The first-order valence-electron chi connectivity index (χ1n) is 10.4. The minimum absolute atomic E-state index is 0.515. The maximum Gasteiger partial charge on any atom is 0.0923 e. The number of rotatable bonds is 9. The highest BCUT2D eigenvalue weighted by molar-refractivity contribution is 9.13. The Morgan fingerprint density at radius 2 is 1.48 bits per heavy atom. The molecule has 0 amide bonds. The highest BCUT2D eigenvalue weighted by Gasteiger charge is 2.18. The SMILES string of the molecule is CCCCN(CCCC)CC(O)c1cc2cc(Br)c(Br)cc2c2cc(Br)ccc12. The second kappa shape index (κ2) is 10.7. The molecule has 156 valence electrons. The molecule has 3 rings (SSSR count). The van der Waals surface area contributed by atoms with E-state index in [1.165, 1.54) is 31.1 Å². The van der Waals surface area contributed by atoms with Crippen LogP contribution in [0.4, 0.5) is 0 Å². The predicted octanol–water partition coefficient (Wildman–Crippen LogP) is 8.22. The van der Waals surface area contributed by atoms with Crippen molar-refractivity contribution in [3.05, 3.63) is 55.4 Å². The number of aliphatic hydroxyl groups is 1. The molecule has 0 aliphatic rings. The fourth-order valence-corrected chi connectivity index (χ4v) is 4.89. The zero-order valence-corrected chi connectivity index (χ0v) is 21.8. The van der Waals surface area contributed by atoms with Crippen molar-refractivity contribution in [1.82, 2.24) is 4.90 Å². The van der Waals surface area contributed by atoms with Crippen LogP contribution in [0.1, 0.15) is 51.2 Å². The summed E-state index contributed by atoms with van der Waals surface area (Å²) in [6, 6.07) is 12.8. The highest BCUT2D eigenvalue weighted by Crippen LogP contribution is 2.37. The van der Waals surface area contributed by atoms with Crippen molar-refractivity contribution < 1.29 is 5.11 Å². The molecule has 1 atom stereocenters. The number of aliphatic hydroxyl groups excluding tert-OH is 1. The van der Waals surface area contributed by atoms with Gasteiger partial charge < -0.3 is 10.0 Å². The molecule has 0 fully saturated rings. The van der Waals surface area contributed by atoms with E-state index in [9.17, 15) is 5.11 Å². The Morgan fingerprint density at radius 1 is 0.828 bits per heavy atom. The zero-order chi connectivity index (χ0) is 21.0. The molecule has 1 unspecified atom stereocenters. The summed E-state index contributed by atoms with van der Waals surface area (Å²) >= 11 is 10.9. The number of nitrogens with zero attached hydrogens (tertiary/aromatic N) is 1. The van der Waals surface area contributed by atoms with Crippen LogP contribution in [-0.2, 0) is 0 Å². The van der Waals surface area contributed by atoms with Crippen molar-refractivity contribution in [2.75, 3.05) is 19.6 Å². The van der Waals surface area contributed by atoms with Crippen LogP contribution in [0.2, 0.25) is 0 Å². The molecular formula is C24H28Br3NO. The Bertz CT molecular complexity index is 981. The molecular weight excluding hydrogens is 558 g/mol. The van der Waals surface area contributed by atoms with Gasteiger partial charge in [-0.05, 0) is 115 Å². The molecule has 1 N–H and O–H groups in total. The number of benzene rings is 3. The number of hydrogen-bond donors (Lipinski definition) is 1. The summed E-state index contributed by atoms with van der Waals surface area (Å²) in [5, 5.41) is 15.9. The molecule has 0 aliphatic heterocycles. The quantitative estimate of drug-likeness (QED) is 0.256. The zero-order valence-electron chi connectivity index (χ0n) is 17.0. The number of unbranched alkanes of at least 4 members (excludes halogenated alkanes) is 2. The van der Waals surface area contributed by atoms with Crippen LogP contribution in [0.5, 0.6) is 0 Å². The Labute approximate surface area is 199 Å². The lowest BCUT2D eigenvalue weighted by Gasteiger charge is -2.26. The van der Waals surface area contributed by atoms with Crippen LogP contribution in [0.25, 0.3) is 21.5 Å². The first-order chi connectivity index (χ1) is 13.9. The predicted molar refractivity (Wildman–Crippen MR) is 136 cm³/mol. The Balaban J connectivity index is 2.05. The van der Waals surface area contributed by atoms with E-state index < -0.39 is 6.10 Å². The minimum atomic E-state index is -0.515. The lowest BCUT2D eigenvalue weighted by Crippen LogP contribution is -2.30. The monoisotopic (exact) mass is 583 g/mol. The van der Waals surface area contributed by atoms with Gasteiger partial charge in [-0.2, -0.15) is 0 Å². The average Bonchev–Trinajstić information content (AvgIpc) is 2.70. The summed E-state index contributed by atoms with van der Waals surface area (Å²) in [4.78, 5) is 2.42. The molecule has 0 heterocycles. The smallest absolute Gasteiger partial charge is 0.0923 e. The number of fused-ring (bicyclic) bond motifs is 3. The lowest BCUT2D eigenvalue weighted by atomic mass is 9.94. The van der Waals surface area contributed by atoms with E-state index in [4.69, 9.17) is 0 Å². The molecule has 0 saturated heterocycles. The van der Waals surface area contributed by atoms with Crippen molar-refractivity contribution >= 4 is 69.3 Å². The standard InChI is InChI=1S/C24H28Br3NO/c1-3-5-9-28(10-6-4-2)15-24(29)21-11-16-12-22(26)23(27)14-19(16)20-13-17(25)7-8-18(20)21/h7-8,11-14,24,29H,3-6,9-10,15H2,1-2H3. The molecule has 0 saturated carbocycles. The molecule has 3 aromatic carbocycles. The van der Waals surface area contributed by atoms with Crippen LogP contribution >= 0.6 is 47.8 Å². The summed E-state index contributed by atoms with van der Waals surface area (Å²) in [5.41, 5.74) is 1.01.